The molecule has 2 N–H and O–H groups in total. The smallest absolute Gasteiger partial charge is 0.123 e. The van der Waals surface area contributed by atoms with Gasteiger partial charge in [0, 0.05) is 28.0 Å². The van der Waals surface area contributed by atoms with E-state index in [1.807, 2.05) is 44.2 Å². The lowest BCUT2D eigenvalue weighted by Crippen LogP contribution is -1.85. The highest BCUT2D eigenvalue weighted by Gasteiger charge is 2.15. The number of hydrogen-bond acceptors (Lipinski definition) is 2. The van der Waals surface area contributed by atoms with Gasteiger partial charge in [0.05, 0.1) is 16.9 Å². The van der Waals surface area contributed by atoms with E-state index >= 15 is 0 Å². The van der Waals surface area contributed by atoms with Crippen LogP contribution in [0.25, 0.3) is 50.0 Å². The number of fused-ring (bicyclic) bond motifs is 2. The normalized spacial score (nSPS) is 12.6. The quantitative estimate of drug-likeness (QED) is 0.282. The first kappa shape index (κ1) is 20.6. The summed E-state index contributed by atoms with van der Waals surface area (Å²) in [4.78, 5) is 7.99. The molecule has 0 bridgehead atoms. The first-order valence-corrected chi connectivity index (χ1v) is 10.8. The Morgan fingerprint density at radius 3 is 2.64 bits per heavy atom. The van der Waals surface area contributed by atoms with Crippen molar-refractivity contribution in [1.82, 2.24) is 20.2 Å². The van der Waals surface area contributed by atoms with Crippen molar-refractivity contribution in [3.05, 3.63) is 103 Å². The second kappa shape index (κ2) is 8.36. The maximum absolute atomic E-state index is 13.8. The molecule has 0 unspecified atom stereocenters. The summed E-state index contributed by atoms with van der Waals surface area (Å²) in [6.07, 6.45) is 7.79. The van der Waals surface area contributed by atoms with Gasteiger partial charge in [0.2, 0.25) is 0 Å². The van der Waals surface area contributed by atoms with Crippen LogP contribution < -0.4 is 0 Å². The third-order valence-corrected chi connectivity index (χ3v) is 5.81. The molecular formula is C28H23FN4. The van der Waals surface area contributed by atoms with Crippen LogP contribution in [0.3, 0.4) is 0 Å². The van der Waals surface area contributed by atoms with Gasteiger partial charge in [0.1, 0.15) is 11.5 Å². The Kier molecular flexibility index (Phi) is 5.23. The van der Waals surface area contributed by atoms with E-state index in [-0.39, 0.29) is 5.82 Å². The molecule has 0 aliphatic rings. The fourth-order valence-electron chi connectivity index (χ4n) is 4.08. The van der Waals surface area contributed by atoms with Crippen molar-refractivity contribution >= 4 is 27.4 Å². The van der Waals surface area contributed by atoms with Crippen molar-refractivity contribution in [2.45, 2.75) is 13.8 Å². The molecule has 3 aromatic heterocycles. The van der Waals surface area contributed by atoms with Crippen LogP contribution in [0.15, 0.2) is 91.2 Å². The fraction of sp³-hybridized carbons (Fsp3) is 0.0714. The molecule has 2 aromatic carbocycles. The Bertz CT molecular complexity index is 1570. The molecule has 4 nitrogen and oxygen atoms in total. The van der Waals surface area contributed by atoms with E-state index in [0.717, 1.165) is 61.2 Å². The SMILES string of the molecule is C=C/C(C)=C\C(=C/C)c1ccc2[nH]nc(-c3cc4c(-c5cccc(F)c5)nccc4[nH]3)c2c1. The molecule has 5 rings (SSSR count). The maximum Gasteiger partial charge on any atom is 0.123 e. The summed E-state index contributed by atoms with van der Waals surface area (Å²) < 4.78 is 13.8. The zero-order valence-electron chi connectivity index (χ0n) is 18.5. The summed E-state index contributed by atoms with van der Waals surface area (Å²) in [5, 5.41) is 9.67. The van der Waals surface area contributed by atoms with Crippen LogP contribution in [0, 0.1) is 5.82 Å². The van der Waals surface area contributed by atoms with E-state index in [0.29, 0.717) is 0 Å². The number of rotatable bonds is 5. The first-order chi connectivity index (χ1) is 16.1. The number of aromatic amines is 2. The van der Waals surface area contributed by atoms with Crippen LogP contribution in [-0.2, 0) is 0 Å². The Morgan fingerprint density at radius 1 is 1.00 bits per heavy atom. The lowest BCUT2D eigenvalue weighted by Gasteiger charge is -2.04. The fourth-order valence-corrected chi connectivity index (χ4v) is 4.08. The molecule has 162 valence electrons. The number of H-pyrrole nitrogens is 2. The molecule has 0 amide bonds. The zero-order chi connectivity index (χ0) is 22.9. The summed E-state index contributed by atoms with van der Waals surface area (Å²) in [7, 11) is 0. The van der Waals surface area contributed by atoms with Crippen LogP contribution in [0.1, 0.15) is 19.4 Å². The van der Waals surface area contributed by atoms with Gasteiger partial charge in [0.25, 0.3) is 0 Å². The number of halogens is 1. The van der Waals surface area contributed by atoms with Gasteiger partial charge in [0.15, 0.2) is 0 Å². The highest BCUT2D eigenvalue weighted by molar-refractivity contribution is 6.00. The second-order valence-electron chi connectivity index (χ2n) is 7.98. The Morgan fingerprint density at radius 2 is 1.85 bits per heavy atom. The van der Waals surface area contributed by atoms with E-state index in [9.17, 15) is 4.39 Å². The average molecular weight is 435 g/mol. The third kappa shape index (κ3) is 3.78. The predicted molar refractivity (Wildman–Crippen MR) is 134 cm³/mol. The Balaban J connectivity index is 1.64. The number of pyridine rings is 1. The third-order valence-electron chi connectivity index (χ3n) is 5.81. The standard InChI is InChI=1S/C28H23FN4/c1-4-17(3)13-18(5-2)19-9-10-25-22(15-19)28(33-32-25)26-16-23-24(31-26)11-12-30-27(23)20-7-6-8-21(29)14-20/h4-16,31H,1H2,2-3H3,(H,32,33)/b17-13-,18-5+. The van der Waals surface area contributed by atoms with Crippen LogP contribution in [0.4, 0.5) is 4.39 Å². The highest BCUT2D eigenvalue weighted by atomic mass is 19.1. The summed E-state index contributed by atoms with van der Waals surface area (Å²) >= 11 is 0. The van der Waals surface area contributed by atoms with E-state index in [4.69, 9.17) is 0 Å². The monoisotopic (exact) mass is 434 g/mol. The van der Waals surface area contributed by atoms with Crippen molar-refractivity contribution < 1.29 is 4.39 Å². The molecule has 0 aliphatic heterocycles. The second-order valence-corrected chi connectivity index (χ2v) is 7.98. The molecule has 0 spiro atoms. The van der Waals surface area contributed by atoms with Crippen molar-refractivity contribution in [2.24, 2.45) is 0 Å². The molecule has 0 saturated heterocycles. The first-order valence-electron chi connectivity index (χ1n) is 10.8. The molecular weight excluding hydrogens is 411 g/mol. The van der Waals surface area contributed by atoms with Crippen LogP contribution in [0.2, 0.25) is 0 Å². The minimum Gasteiger partial charge on any atom is -0.353 e. The Labute approximate surface area is 191 Å². The largest absolute Gasteiger partial charge is 0.353 e. The van der Waals surface area contributed by atoms with Gasteiger partial charge in [-0.25, -0.2) is 4.39 Å². The van der Waals surface area contributed by atoms with E-state index < -0.39 is 0 Å². The maximum atomic E-state index is 13.8. The summed E-state index contributed by atoms with van der Waals surface area (Å²) in [5.74, 6) is -0.284. The van der Waals surface area contributed by atoms with Crippen LogP contribution in [-0.4, -0.2) is 20.2 Å². The summed E-state index contributed by atoms with van der Waals surface area (Å²) in [6.45, 7) is 7.91. The zero-order valence-corrected chi connectivity index (χ0v) is 18.5. The van der Waals surface area contributed by atoms with Crippen molar-refractivity contribution in [2.75, 3.05) is 0 Å². The van der Waals surface area contributed by atoms with Gasteiger partial charge >= 0.3 is 0 Å². The average Bonchev–Trinajstić information content (AvgIpc) is 3.45. The van der Waals surface area contributed by atoms with Crippen LogP contribution in [0.5, 0.6) is 0 Å². The Hall–Kier alpha value is -4.25. The molecule has 0 fully saturated rings. The summed E-state index contributed by atoms with van der Waals surface area (Å²) in [5.41, 5.74) is 8.37. The van der Waals surface area contributed by atoms with Crippen molar-refractivity contribution in [3.8, 4) is 22.6 Å². The van der Waals surface area contributed by atoms with Crippen molar-refractivity contribution in [1.29, 1.82) is 0 Å². The number of aromatic nitrogens is 4. The highest BCUT2D eigenvalue weighted by Crippen LogP contribution is 2.34. The van der Waals surface area contributed by atoms with Gasteiger partial charge < -0.3 is 4.98 Å². The lowest BCUT2D eigenvalue weighted by molar-refractivity contribution is 0.628. The minimum absolute atomic E-state index is 0.284. The van der Waals surface area contributed by atoms with Gasteiger partial charge in [-0.1, -0.05) is 48.6 Å². The molecule has 3 heterocycles. The number of hydrogen-bond donors (Lipinski definition) is 2. The molecule has 0 aliphatic carbocycles. The van der Waals surface area contributed by atoms with E-state index in [2.05, 4.69) is 51.0 Å². The molecule has 0 atom stereocenters. The predicted octanol–water partition coefficient (Wildman–Crippen LogP) is 7.45. The van der Waals surface area contributed by atoms with Gasteiger partial charge in [-0.3, -0.25) is 10.1 Å². The number of benzene rings is 2. The van der Waals surface area contributed by atoms with Gasteiger partial charge in [-0.05, 0) is 61.4 Å². The van der Waals surface area contributed by atoms with Crippen molar-refractivity contribution in [3.63, 3.8) is 0 Å². The molecule has 33 heavy (non-hydrogen) atoms. The lowest BCUT2D eigenvalue weighted by atomic mass is 10.0. The minimum atomic E-state index is -0.284. The molecule has 5 heteroatoms. The molecule has 0 radical (unpaired) electrons. The van der Waals surface area contributed by atoms with E-state index in [1.165, 1.54) is 12.1 Å². The number of allylic oxidation sites excluding steroid dienone is 5. The molecule has 0 saturated carbocycles. The van der Waals surface area contributed by atoms with E-state index in [1.54, 1.807) is 12.3 Å². The van der Waals surface area contributed by atoms with Gasteiger partial charge in [-0.2, -0.15) is 5.10 Å². The van der Waals surface area contributed by atoms with Crippen LogP contribution >= 0.6 is 0 Å². The topological polar surface area (TPSA) is 57.4 Å². The number of nitrogens with one attached hydrogen (secondary N) is 2. The summed E-state index contributed by atoms with van der Waals surface area (Å²) in [6, 6.07) is 16.7. The van der Waals surface area contributed by atoms with Gasteiger partial charge in [-0.15, -0.1) is 0 Å². The molecule has 5 aromatic rings. The number of nitrogens with zero attached hydrogens (tertiary/aromatic N) is 2.